The zero-order valence-electron chi connectivity index (χ0n) is 19.4. The molecule has 0 spiro atoms. The smallest absolute Gasteiger partial charge is 0.349 e. The number of imide groups is 1. The zero-order valence-corrected chi connectivity index (χ0v) is 20.1. The molecule has 2 unspecified atom stereocenters. The molecule has 0 aliphatic carbocycles. The first-order valence-corrected chi connectivity index (χ1v) is 11.5. The van der Waals surface area contributed by atoms with E-state index < -0.39 is 35.3 Å². The molecule has 2 aromatic rings. The largest absolute Gasteiger partial charge is 0.352 e. The first kappa shape index (κ1) is 25.0. The summed E-state index contributed by atoms with van der Waals surface area (Å²) < 4.78 is 29.6. The molecule has 7 nitrogen and oxygen atoms in total. The number of amides is 4. The van der Waals surface area contributed by atoms with Crippen molar-refractivity contribution in [3.05, 3.63) is 57.6 Å². The summed E-state index contributed by atoms with van der Waals surface area (Å²) in [7, 11) is 5.11. The van der Waals surface area contributed by atoms with E-state index in [4.69, 9.17) is 11.6 Å². The van der Waals surface area contributed by atoms with E-state index in [0.717, 1.165) is 12.1 Å². The lowest BCUT2D eigenvalue weighted by Gasteiger charge is -2.29. The summed E-state index contributed by atoms with van der Waals surface area (Å²) >= 11 is 5.76. The predicted molar refractivity (Wildman–Crippen MR) is 134 cm³/mol. The molecule has 0 radical (unpaired) electrons. The van der Waals surface area contributed by atoms with Gasteiger partial charge in [0.25, 0.3) is 11.8 Å². The molecule has 2 aliphatic heterocycles. The van der Waals surface area contributed by atoms with Gasteiger partial charge in [0.15, 0.2) is 0 Å². The van der Waals surface area contributed by atoms with Crippen LogP contribution in [0.4, 0.5) is 8.78 Å². The Kier molecular flexibility index (Phi) is 6.53. The SMILES string of the molecule is Bc1cc2c(c(B)c1C(B)NC(=O)C(F)(F)c1ccc(Cl)cc1)CN(C1CCC(=O)NC1=O)C2=O. The molecular formula is C22H21B3ClF2N3O4. The van der Waals surface area contributed by atoms with Gasteiger partial charge in [-0.3, -0.25) is 24.5 Å². The Bertz CT molecular complexity index is 1260. The summed E-state index contributed by atoms with van der Waals surface area (Å²) in [6, 6.07) is 5.70. The summed E-state index contributed by atoms with van der Waals surface area (Å²) in [6.45, 7) is 0.154. The first-order chi connectivity index (χ1) is 16.4. The average molecular weight is 497 g/mol. The number of piperidine rings is 1. The zero-order chi connectivity index (χ0) is 25.7. The lowest BCUT2D eigenvalue weighted by Crippen LogP contribution is -2.52. The maximum atomic E-state index is 14.8. The number of hydrogen-bond acceptors (Lipinski definition) is 4. The Morgan fingerprint density at radius 2 is 1.86 bits per heavy atom. The van der Waals surface area contributed by atoms with E-state index in [2.05, 4.69) is 10.6 Å². The Balaban J connectivity index is 1.58. The molecule has 0 bridgehead atoms. The normalized spacial score (nSPS) is 18.8. The molecule has 4 rings (SSSR count). The molecular weight excluding hydrogens is 476 g/mol. The van der Waals surface area contributed by atoms with E-state index in [9.17, 15) is 28.0 Å². The van der Waals surface area contributed by atoms with E-state index in [1.54, 1.807) is 29.6 Å². The summed E-state index contributed by atoms with van der Waals surface area (Å²) in [6.07, 6.45) is 0.381. The van der Waals surface area contributed by atoms with Crippen LogP contribution in [-0.4, -0.2) is 58.1 Å². The van der Waals surface area contributed by atoms with Crippen molar-refractivity contribution in [2.24, 2.45) is 0 Å². The van der Waals surface area contributed by atoms with Gasteiger partial charge in [0, 0.05) is 35.1 Å². The lowest BCUT2D eigenvalue weighted by molar-refractivity contribution is -0.147. The van der Waals surface area contributed by atoms with Crippen molar-refractivity contribution < 1.29 is 28.0 Å². The van der Waals surface area contributed by atoms with Gasteiger partial charge >= 0.3 is 5.92 Å². The summed E-state index contributed by atoms with van der Waals surface area (Å²) in [4.78, 5) is 50.8. The fourth-order valence-corrected chi connectivity index (χ4v) is 5.01. The predicted octanol–water partition coefficient (Wildman–Crippen LogP) is -1.84. The molecule has 2 heterocycles. The molecule has 2 atom stereocenters. The Morgan fingerprint density at radius 3 is 2.49 bits per heavy atom. The molecule has 35 heavy (non-hydrogen) atoms. The molecule has 1 saturated heterocycles. The molecule has 2 aromatic carbocycles. The number of carbonyl (C=O) groups excluding carboxylic acids is 4. The van der Waals surface area contributed by atoms with E-state index in [-0.39, 0.29) is 36.2 Å². The van der Waals surface area contributed by atoms with Crippen LogP contribution in [0.1, 0.15) is 45.8 Å². The fraction of sp³-hybridized carbons (Fsp3) is 0.273. The molecule has 0 saturated carbocycles. The van der Waals surface area contributed by atoms with Gasteiger partial charge in [-0.25, -0.2) is 0 Å². The van der Waals surface area contributed by atoms with Gasteiger partial charge in [-0.05, 0) is 29.7 Å². The Morgan fingerprint density at radius 1 is 1.20 bits per heavy atom. The van der Waals surface area contributed by atoms with E-state index in [1.807, 2.05) is 0 Å². The molecule has 2 N–H and O–H groups in total. The van der Waals surface area contributed by atoms with Gasteiger partial charge in [-0.15, -0.1) is 0 Å². The van der Waals surface area contributed by atoms with Crippen molar-refractivity contribution in [2.75, 3.05) is 0 Å². The number of nitrogens with one attached hydrogen (secondary N) is 2. The Labute approximate surface area is 208 Å². The lowest BCUT2D eigenvalue weighted by atomic mass is 9.70. The third kappa shape index (κ3) is 4.47. The quantitative estimate of drug-likeness (QED) is 0.375. The van der Waals surface area contributed by atoms with E-state index >= 15 is 0 Å². The highest BCUT2D eigenvalue weighted by molar-refractivity contribution is 6.43. The van der Waals surface area contributed by atoms with Crippen LogP contribution in [0.15, 0.2) is 30.3 Å². The Hall–Kier alpha value is -3.14. The second kappa shape index (κ2) is 9.15. The minimum atomic E-state index is -3.77. The molecule has 4 amide bonds. The second-order valence-corrected chi connectivity index (χ2v) is 9.37. The number of fused-ring (bicyclic) bond motifs is 1. The van der Waals surface area contributed by atoms with Gasteiger partial charge in [0.1, 0.15) is 29.6 Å². The maximum Gasteiger partial charge on any atom is 0.349 e. The molecule has 0 aromatic heterocycles. The summed E-state index contributed by atoms with van der Waals surface area (Å²) in [5.41, 5.74) is 2.60. The highest BCUT2D eigenvalue weighted by Gasteiger charge is 2.43. The highest BCUT2D eigenvalue weighted by Crippen LogP contribution is 2.31. The van der Waals surface area contributed by atoms with Crippen molar-refractivity contribution in [2.45, 2.75) is 37.3 Å². The van der Waals surface area contributed by atoms with Gasteiger partial charge in [0.05, 0.1) is 0 Å². The van der Waals surface area contributed by atoms with Crippen LogP contribution in [-0.2, 0) is 26.9 Å². The number of benzene rings is 2. The van der Waals surface area contributed by atoms with E-state index in [0.29, 0.717) is 27.6 Å². The third-order valence-electron chi connectivity index (χ3n) is 6.65. The van der Waals surface area contributed by atoms with Gasteiger partial charge in [-0.2, -0.15) is 8.78 Å². The van der Waals surface area contributed by atoms with Crippen molar-refractivity contribution >= 4 is 69.7 Å². The number of carbonyl (C=O) groups is 4. The maximum absolute atomic E-state index is 14.8. The monoisotopic (exact) mass is 497 g/mol. The van der Waals surface area contributed by atoms with Gasteiger partial charge < -0.3 is 10.2 Å². The third-order valence-corrected chi connectivity index (χ3v) is 6.90. The van der Waals surface area contributed by atoms with Crippen molar-refractivity contribution in [3.8, 4) is 0 Å². The topological polar surface area (TPSA) is 95.6 Å². The summed E-state index contributed by atoms with van der Waals surface area (Å²) in [5, 5.41) is 4.94. The highest BCUT2D eigenvalue weighted by atomic mass is 35.5. The number of nitrogens with zero attached hydrogens (tertiary/aromatic N) is 1. The summed E-state index contributed by atoms with van der Waals surface area (Å²) in [5.74, 6) is -7.20. The van der Waals surface area contributed by atoms with Crippen LogP contribution >= 0.6 is 11.6 Å². The van der Waals surface area contributed by atoms with Crippen LogP contribution in [0.2, 0.25) is 5.02 Å². The average Bonchev–Trinajstić information content (AvgIpc) is 3.10. The number of halogens is 3. The van der Waals surface area contributed by atoms with Crippen LogP contribution < -0.4 is 21.6 Å². The van der Waals surface area contributed by atoms with Crippen LogP contribution in [0.25, 0.3) is 0 Å². The minimum absolute atomic E-state index is 0.144. The molecule has 2 aliphatic rings. The van der Waals surface area contributed by atoms with Crippen LogP contribution in [0.3, 0.4) is 0 Å². The van der Waals surface area contributed by atoms with Gasteiger partial charge in [-0.1, -0.05) is 40.7 Å². The molecule has 13 heteroatoms. The number of hydrogen-bond donors (Lipinski definition) is 2. The van der Waals surface area contributed by atoms with Crippen molar-refractivity contribution in [1.29, 1.82) is 0 Å². The van der Waals surface area contributed by atoms with Crippen molar-refractivity contribution in [3.63, 3.8) is 0 Å². The van der Waals surface area contributed by atoms with Crippen LogP contribution in [0.5, 0.6) is 0 Å². The second-order valence-electron chi connectivity index (χ2n) is 8.93. The molecule has 178 valence electrons. The van der Waals surface area contributed by atoms with Gasteiger partial charge in [0.2, 0.25) is 11.8 Å². The number of alkyl halides is 2. The van der Waals surface area contributed by atoms with Crippen LogP contribution in [0, 0.1) is 0 Å². The molecule has 1 fully saturated rings. The van der Waals surface area contributed by atoms with Crippen molar-refractivity contribution in [1.82, 2.24) is 15.5 Å². The fourth-order valence-electron chi connectivity index (χ4n) is 4.88. The minimum Gasteiger partial charge on any atom is -0.352 e. The first-order valence-electron chi connectivity index (χ1n) is 11.1. The number of rotatable bonds is 5. The standard InChI is InChI=1S/C22H21B3ClF2N3O4/c23-13-7-11-12(8-31(20(11)34)14-5-6-15(32)29-19(14)33)17(24)16(13)18(25)30-21(35)22(27,28)9-1-3-10(26)4-2-9/h1-4,7,14,18H,5-6,8,23-25H2,(H,30,35)(H,29,32,33). The van der Waals surface area contributed by atoms with E-state index in [1.165, 1.54) is 17.0 Å².